The standard InChI is InChI=1S/C14H21NO2/c1-5-15(6-2)14(16)12(4)17-13-10-8-7-9-11(13)3/h7-10,12H,5-6H2,1-4H3. The van der Waals surface area contributed by atoms with Crippen LogP contribution in [-0.2, 0) is 4.79 Å². The quantitative estimate of drug-likeness (QED) is 0.785. The summed E-state index contributed by atoms with van der Waals surface area (Å²) in [4.78, 5) is 13.8. The molecular weight excluding hydrogens is 214 g/mol. The second kappa shape index (κ2) is 6.28. The average Bonchev–Trinajstić information content (AvgIpc) is 2.33. The van der Waals surface area contributed by atoms with Gasteiger partial charge in [0.25, 0.3) is 5.91 Å². The zero-order valence-corrected chi connectivity index (χ0v) is 11.1. The lowest BCUT2D eigenvalue weighted by Crippen LogP contribution is -2.40. The Balaban J connectivity index is 2.69. The van der Waals surface area contributed by atoms with Gasteiger partial charge in [0, 0.05) is 13.1 Å². The molecule has 3 heteroatoms. The summed E-state index contributed by atoms with van der Waals surface area (Å²) in [6, 6.07) is 7.74. The smallest absolute Gasteiger partial charge is 0.263 e. The summed E-state index contributed by atoms with van der Waals surface area (Å²) >= 11 is 0. The van der Waals surface area contributed by atoms with Gasteiger partial charge < -0.3 is 9.64 Å². The molecule has 17 heavy (non-hydrogen) atoms. The number of carbonyl (C=O) groups excluding carboxylic acids is 1. The molecule has 1 aromatic carbocycles. The number of amides is 1. The second-order valence-electron chi connectivity index (χ2n) is 4.04. The highest BCUT2D eigenvalue weighted by Gasteiger charge is 2.19. The van der Waals surface area contributed by atoms with Crippen LogP contribution >= 0.6 is 0 Å². The molecule has 1 aromatic rings. The van der Waals surface area contributed by atoms with Gasteiger partial charge in [-0.3, -0.25) is 4.79 Å². The molecule has 1 rings (SSSR count). The predicted molar refractivity (Wildman–Crippen MR) is 69.2 cm³/mol. The maximum Gasteiger partial charge on any atom is 0.263 e. The van der Waals surface area contributed by atoms with E-state index in [0.717, 1.165) is 24.4 Å². The highest BCUT2D eigenvalue weighted by molar-refractivity contribution is 5.80. The molecule has 1 atom stereocenters. The second-order valence-corrected chi connectivity index (χ2v) is 4.04. The third-order valence-corrected chi connectivity index (χ3v) is 2.82. The molecule has 0 aromatic heterocycles. The molecule has 0 spiro atoms. The largest absolute Gasteiger partial charge is 0.481 e. The molecule has 0 aliphatic carbocycles. The van der Waals surface area contributed by atoms with Crippen molar-refractivity contribution in [3.05, 3.63) is 29.8 Å². The Bertz CT molecular complexity index is 372. The van der Waals surface area contributed by atoms with Crippen molar-refractivity contribution in [2.45, 2.75) is 33.8 Å². The average molecular weight is 235 g/mol. The van der Waals surface area contributed by atoms with Gasteiger partial charge in [-0.25, -0.2) is 0 Å². The summed E-state index contributed by atoms with van der Waals surface area (Å²) in [5.74, 6) is 0.818. The molecule has 0 saturated carbocycles. The number of para-hydroxylation sites is 1. The Morgan fingerprint density at radius 3 is 2.41 bits per heavy atom. The molecule has 0 aliphatic heterocycles. The molecule has 0 radical (unpaired) electrons. The molecule has 0 heterocycles. The number of likely N-dealkylation sites (N-methyl/N-ethyl adjacent to an activating group) is 1. The van der Waals surface area contributed by atoms with Crippen LogP contribution in [0.1, 0.15) is 26.3 Å². The number of aryl methyl sites for hydroxylation is 1. The van der Waals surface area contributed by atoms with Crippen molar-refractivity contribution in [1.82, 2.24) is 4.90 Å². The highest BCUT2D eigenvalue weighted by Crippen LogP contribution is 2.18. The Morgan fingerprint density at radius 2 is 1.88 bits per heavy atom. The first-order valence-corrected chi connectivity index (χ1v) is 6.11. The van der Waals surface area contributed by atoms with Crippen LogP contribution < -0.4 is 4.74 Å². The normalized spacial score (nSPS) is 12.0. The fourth-order valence-corrected chi connectivity index (χ4v) is 1.72. The minimum Gasteiger partial charge on any atom is -0.481 e. The molecule has 0 bridgehead atoms. The molecule has 1 amide bonds. The van der Waals surface area contributed by atoms with E-state index in [1.54, 1.807) is 11.8 Å². The zero-order valence-electron chi connectivity index (χ0n) is 11.1. The van der Waals surface area contributed by atoms with Crippen LogP contribution in [0.2, 0.25) is 0 Å². The van der Waals surface area contributed by atoms with E-state index >= 15 is 0 Å². The lowest BCUT2D eigenvalue weighted by Gasteiger charge is -2.23. The number of hydrogen-bond acceptors (Lipinski definition) is 2. The number of nitrogens with zero attached hydrogens (tertiary/aromatic N) is 1. The Labute approximate surface area is 103 Å². The predicted octanol–water partition coefficient (Wildman–Crippen LogP) is 2.63. The third-order valence-electron chi connectivity index (χ3n) is 2.82. The SMILES string of the molecule is CCN(CC)C(=O)C(C)Oc1ccccc1C. The topological polar surface area (TPSA) is 29.5 Å². The number of hydrogen-bond donors (Lipinski definition) is 0. The van der Waals surface area contributed by atoms with Crippen LogP contribution in [0.4, 0.5) is 0 Å². The van der Waals surface area contributed by atoms with Crippen LogP contribution in [0.5, 0.6) is 5.75 Å². The van der Waals surface area contributed by atoms with Crippen molar-refractivity contribution in [2.24, 2.45) is 0 Å². The first-order chi connectivity index (χ1) is 8.10. The molecule has 0 N–H and O–H groups in total. The fraction of sp³-hybridized carbons (Fsp3) is 0.500. The van der Waals surface area contributed by atoms with Crippen molar-refractivity contribution in [3.63, 3.8) is 0 Å². The Kier molecular flexibility index (Phi) is 5.01. The molecule has 0 aliphatic rings. The van der Waals surface area contributed by atoms with E-state index in [9.17, 15) is 4.79 Å². The molecule has 0 saturated heterocycles. The van der Waals surface area contributed by atoms with E-state index in [4.69, 9.17) is 4.74 Å². The van der Waals surface area contributed by atoms with Gasteiger partial charge in [-0.2, -0.15) is 0 Å². The fourth-order valence-electron chi connectivity index (χ4n) is 1.72. The minimum absolute atomic E-state index is 0.0400. The molecular formula is C14H21NO2. The first-order valence-electron chi connectivity index (χ1n) is 6.11. The van der Waals surface area contributed by atoms with Crippen LogP contribution in [-0.4, -0.2) is 30.0 Å². The lowest BCUT2D eigenvalue weighted by molar-refractivity contribution is -0.137. The van der Waals surface area contributed by atoms with E-state index in [1.807, 2.05) is 45.0 Å². The van der Waals surface area contributed by atoms with Gasteiger partial charge in [0.15, 0.2) is 6.10 Å². The van der Waals surface area contributed by atoms with Crippen molar-refractivity contribution >= 4 is 5.91 Å². The highest BCUT2D eigenvalue weighted by atomic mass is 16.5. The van der Waals surface area contributed by atoms with E-state index in [-0.39, 0.29) is 5.91 Å². The summed E-state index contributed by atoms with van der Waals surface area (Å²) in [7, 11) is 0. The van der Waals surface area contributed by atoms with Crippen LogP contribution in [0.25, 0.3) is 0 Å². The van der Waals surface area contributed by atoms with E-state index in [2.05, 4.69) is 0 Å². The van der Waals surface area contributed by atoms with Crippen LogP contribution in [0, 0.1) is 6.92 Å². The monoisotopic (exact) mass is 235 g/mol. The number of benzene rings is 1. The molecule has 1 unspecified atom stereocenters. The number of rotatable bonds is 5. The van der Waals surface area contributed by atoms with E-state index in [0.29, 0.717) is 0 Å². The maximum absolute atomic E-state index is 12.0. The van der Waals surface area contributed by atoms with Crippen molar-refractivity contribution in [1.29, 1.82) is 0 Å². The van der Waals surface area contributed by atoms with Crippen LogP contribution in [0.3, 0.4) is 0 Å². The summed E-state index contributed by atoms with van der Waals surface area (Å²) in [5.41, 5.74) is 1.05. The van der Waals surface area contributed by atoms with Gasteiger partial charge >= 0.3 is 0 Å². The van der Waals surface area contributed by atoms with Gasteiger partial charge in [-0.15, -0.1) is 0 Å². The Morgan fingerprint density at radius 1 is 1.29 bits per heavy atom. The van der Waals surface area contributed by atoms with Crippen molar-refractivity contribution in [3.8, 4) is 5.75 Å². The van der Waals surface area contributed by atoms with Crippen molar-refractivity contribution in [2.75, 3.05) is 13.1 Å². The van der Waals surface area contributed by atoms with Gasteiger partial charge in [-0.1, -0.05) is 18.2 Å². The lowest BCUT2D eigenvalue weighted by atomic mass is 10.2. The zero-order chi connectivity index (χ0) is 12.8. The summed E-state index contributed by atoms with van der Waals surface area (Å²) in [6.07, 6.45) is -0.434. The number of ether oxygens (including phenoxy) is 1. The Hall–Kier alpha value is -1.51. The third kappa shape index (κ3) is 3.48. The molecule has 0 fully saturated rings. The molecule has 3 nitrogen and oxygen atoms in total. The first kappa shape index (κ1) is 13.6. The van der Waals surface area contributed by atoms with Crippen LogP contribution in [0.15, 0.2) is 24.3 Å². The molecule has 94 valence electrons. The van der Waals surface area contributed by atoms with Gasteiger partial charge in [-0.05, 0) is 39.3 Å². The number of carbonyl (C=O) groups is 1. The maximum atomic E-state index is 12.0. The van der Waals surface area contributed by atoms with Gasteiger partial charge in [0.1, 0.15) is 5.75 Å². The van der Waals surface area contributed by atoms with Crippen molar-refractivity contribution < 1.29 is 9.53 Å². The summed E-state index contributed by atoms with van der Waals surface area (Å²) in [6.45, 7) is 9.16. The summed E-state index contributed by atoms with van der Waals surface area (Å²) < 4.78 is 5.70. The van der Waals surface area contributed by atoms with E-state index in [1.165, 1.54) is 0 Å². The van der Waals surface area contributed by atoms with Gasteiger partial charge in [0.2, 0.25) is 0 Å². The van der Waals surface area contributed by atoms with Gasteiger partial charge in [0.05, 0.1) is 0 Å². The summed E-state index contributed by atoms with van der Waals surface area (Å²) in [5, 5.41) is 0. The van der Waals surface area contributed by atoms with E-state index < -0.39 is 6.10 Å². The minimum atomic E-state index is -0.434.